The van der Waals surface area contributed by atoms with Crippen molar-refractivity contribution in [3.05, 3.63) is 168 Å². The lowest BCUT2D eigenvalue weighted by Gasteiger charge is -2.25. The maximum absolute atomic E-state index is 2.52. The van der Waals surface area contributed by atoms with Gasteiger partial charge in [0.1, 0.15) is 0 Å². The number of hydrogen-bond donors (Lipinski definition) is 0. The van der Waals surface area contributed by atoms with Crippen molar-refractivity contribution < 1.29 is 0 Å². The predicted octanol–water partition coefficient (Wildman–Crippen LogP) is 16.3. The van der Waals surface area contributed by atoms with Crippen molar-refractivity contribution >= 4 is 53.1 Å². The van der Waals surface area contributed by atoms with Crippen LogP contribution in [0.4, 0.5) is 0 Å². The zero-order valence-corrected chi connectivity index (χ0v) is 34.6. The molecule has 8 aromatic carbocycles. The fourth-order valence-electron chi connectivity index (χ4n) is 9.54. The Morgan fingerprint density at radius 3 is 1.61 bits per heavy atom. The minimum absolute atomic E-state index is 0.00356. The zero-order valence-electron chi connectivity index (χ0n) is 33.8. The molecule has 1 aliphatic carbocycles. The lowest BCUT2D eigenvalue weighted by molar-refractivity contribution is 0.590. The summed E-state index contributed by atoms with van der Waals surface area (Å²) in [5, 5.41) is 8.02. The van der Waals surface area contributed by atoms with Gasteiger partial charge in [-0.3, -0.25) is 0 Å². The Morgan fingerprint density at radius 1 is 0.411 bits per heavy atom. The summed E-state index contributed by atoms with van der Waals surface area (Å²) in [6.07, 6.45) is 0. The van der Waals surface area contributed by atoms with E-state index in [4.69, 9.17) is 0 Å². The molecule has 0 fully saturated rings. The van der Waals surface area contributed by atoms with Crippen molar-refractivity contribution in [1.29, 1.82) is 0 Å². The van der Waals surface area contributed by atoms with Crippen molar-refractivity contribution in [2.45, 2.75) is 71.6 Å². The van der Waals surface area contributed by atoms with Gasteiger partial charge in [-0.1, -0.05) is 171 Å². The van der Waals surface area contributed by atoms with Crippen molar-refractivity contribution in [2.75, 3.05) is 0 Å². The molecule has 0 radical (unpaired) electrons. The lowest BCUT2D eigenvalue weighted by atomic mass is 9.78. The monoisotopic (exact) mass is 740 g/mol. The molecule has 0 aliphatic heterocycles. The Labute approximate surface area is 335 Å². The number of thiophene rings is 1. The molecule has 10 rings (SSSR count). The first-order valence-corrected chi connectivity index (χ1v) is 20.9. The highest BCUT2D eigenvalue weighted by molar-refractivity contribution is 7.25. The molecule has 56 heavy (non-hydrogen) atoms. The largest absolute Gasteiger partial charge is 0.135 e. The Bertz CT molecular complexity index is 3030. The molecule has 0 atom stereocenters. The summed E-state index contributed by atoms with van der Waals surface area (Å²) < 4.78 is 2.74. The molecule has 0 amide bonds. The van der Waals surface area contributed by atoms with Gasteiger partial charge in [-0.15, -0.1) is 11.3 Å². The minimum atomic E-state index is -0.118. The molecule has 0 bridgehead atoms. The second-order valence-corrected chi connectivity index (χ2v) is 19.6. The topological polar surface area (TPSA) is 0 Å². The third-order valence-electron chi connectivity index (χ3n) is 12.6. The van der Waals surface area contributed by atoms with E-state index in [1.165, 1.54) is 108 Å². The van der Waals surface area contributed by atoms with Crippen molar-refractivity contribution in [2.24, 2.45) is 0 Å². The first-order chi connectivity index (χ1) is 26.8. The predicted molar refractivity (Wildman–Crippen MR) is 246 cm³/mol. The Hall–Kier alpha value is -5.50. The molecule has 9 aromatic rings. The van der Waals surface area contributed by atoms with Crippen LogP contribution in [0.3, 0.4) is 0 Å². The molecule has 0 unspecified atom stereocenters. The molecule has 1 aliphatic rings. The highest BCUT2D eigenvalue weighted by Gasteiger charge is 2.38. The molecule has 0 N–H and O–H groups in total. The fraction of sp³-hybridized carbons (Fsp3) is 0.200. The van der Waals surface area contributed by atoms with Crippen LogP contribution in [0.2, 0.25) is 0 Å². The van der Waals surface area contributed by atoms with E-state index < -0.39 is 0 Å². The number of hydrogen-bond acceptors (Lipinski definition) is 1. The number of fused-ring (bicyclic) bond motifs is 9. The van der Waals surface area contributed by atoms with E-state index in [1.807, 2.05) is 11.3 Å². The van der Waals surface area contributed by atoms with Gasteiger partial charge in [0.05, 0.1) is 0 Å². The molecule has 0 saturated heterocycles. The summed E-state index contributed by atoms with van der Waals surface area (Å²) in [5.41, 5.74) is 15.8. The van der Waals surface area contributed by atoms with Gasteiger partial charge in [-0.05, 0) is 129 Å². The average Bonchev–Trinajstić information content (AvgIpc) is 3.67. The van der Waals surface area contributed by atoms with Crippen LogP contribution in [0.15, 0.2) is 146 Å². The fourth-order valence-corrected chi connectivity index (χ4v) is 10.6. The molecule has 1 heteroatoms. The Kier molecular flexibility index (Phi) is 7.64. The standard InChI is InChI=1S/C55H48S/c1-53(2,3)37-24-26-40-44(31-37)49(35-20-18-34(19-21-35)33-14-10-9-11-15-33)39-25-23-38(54(4,5)6)32-45(39)50(40)36-22-28-46-43(30-36)41-27-29-48-51(52(41)55(46,7)8)42-16-12-13-17-47(42)56-48/h9-32H,1-8H3. The molecule has 0 saturated carbocycles. The van der Waals surface area contributed by atoms with Crippen molar-refractivity contribution in [1.82, 2.24) is 0 Å². The molecule has 1 heterocycles. The van der Waals surface area contributed by atoms with E-state index in [-0.39, 0.29) is 16.2 Å². The smallest absolute Gasteiger partial charge is 0.0358 e. The van der Waals surface area contributed by atoms with Crippen LogP contribution in [0, 0.1) is 0 Å². The van der Waals surface area contributed by atoms with E-state index in [0.717, 1.165) is 0 Å². The van der Waals surface area contributed by atoms with Crippen LogP contribution in [0.1, 0.15) is 77.6 Å². The van der Waals surface area contributed by atoms with E-state index in [2.05, 4.69) is 201 Å². The second-order valence-electron chi connectivity index (χ2n) is 18.6. The van der Waals surface area contributed by atoms with Crippen LogP contribution >= 0.6 is 11.3 Å². The zero-order chi connectivity index (χ0) is 38.7. The summed E-state index contributed by atoms with van der Waals surface area (Å²) in [5.74, 6) is 0. The van der Waals surface area contributed by atoms with E-state index in [0.29, 0.717) is 0 Å². The first-order valence-electron chi connectivity index (χ1n) is 20.1. The van der Waals surface area contributed by atoms with E-state index >= 15 is 0 Å². The summed E-state index contributed by atoms with van der Waals surface area (Å²) in [6, 6.07) is 55.6. The third-order valence-corrected chi connectivity index (χ3v) is 13.7. The lowest BCUT2D eigenvalue weighted by Crippen LogP contribution is -2.15. The molecule has 0 nitrogen and oxygen atoms in total. The number of benzene rings is 8. The first kappa shape index (κ1) is 35.0. The van der Waals surface area contributed by atoms with Gasteiger partial charge in [0.25, 0.3) is 0 Å². The average molecular weight is 741 g/mol. The van der Waals surface area contributed by atoms with Gasteiger partial charge in [0.2, 0.25) is 0 Å². The van der Waals surface area contributed by atoms with Crippen molar-refractivity contribution in [3.63, 3.8) is 0 Å². The van der Waals surface area contributed by atoms with E-state index in [9.17, 15) is 0 Å². The summed E-state index contributed by atoms with van der Waals surface area (Å²) in [4.78, 5) is 0. The molecule has 0 spiro atoms. The molecule has 1 aromatic heterocycles. The third kappa shape index (κ3) is 5.31. The SMILES string of the molecule is CC(C)(C)c1ccc2c(-c3ccc4c(c3)-c3ccc5sc6ccccc6c5c3C4(C)C)c3cc(C(C)(C)C)ccc3c(-c3ccc(-c4ccccc4)cc3)c2c1. The van der Waals surface area contributed by atoms with Crippen LogP contribution in [0.25, 0.3) is 86.2 Å². The Morgan fingerprint density at radius 2 is 0.964 bits per heavy atom. The van der Waals surface area contributed by atoms with Gasteiger partial charge in [-0.2, -0.15) is 0 Å². The van der Waals surface area contributed by atoms with Gasteiger partial charge in [0.15, 0.2) is 0 Å². The van der Waals surface area contributed by atoms with Crippen LogP contribution in [0.5, 0.6) is 0 Å². The molecule has 274 valence electrons. The maximum Gasteiger partial charge on any atom is 0.0358 e. The normalized spacial score (nSPS) is 13.9. The van der Waals surface area contributed by atoms with Crippen LogP contribution in [-0.4, -0.2) is 0 Å². The van der Waals surface area contributed by atoms with Gasteiger partial charge < -0.3 is 0 Å². The summed E-state index contributed by atoms with van der Waals surface area (Å²) in [7, 11) is 0. The maximum atomic E-state index is 2.52. The highest BCUT2D eigenvalue weighted by atomic mass is 32.1. The van der Waals surface area contributed by atoms with Crippen LogP contribution in [-0.2, 0) is 16.2 Å². The number of rotatable bonds is 3. The highest BCUT2D eigenvalue weighted by Crippen LogP contribution is 2.55. The summed E-state index contributed by atoms with van der Waals surface area (Å²) >= 11 is 1.91. The molecular formula is C55H48S. The Balaban J connectivity index is 1.28. The van der Waals surface area contributed by atoms with Crippen LogP contribution < -0.4 is 0 Å². The van der Waals surface area contributed by atoms with E-state index in [1.54, 1.807) is 0 Å². The summed E-state index contributed by atoms with van der Waals surface area (Å²) in [6.45, 7) is 18.8. The quantitative estimate of drug-likeness (QED) is 0.158. The second kappa shape index (κ2) is 12.2. The molecular weight excluding hydrogens is 693 g/mol. The van der Waals surface area contributed by atoms with Crippen molar-refractivity contribution in [3.8, 4) is 44.5 Å². The van der Waals surface area contributed by atoms with Gasteiger partial charge in [-0.25, -0.2) is 0 Å². The minimum Gasteiger partial charge on any atom is -0.135 e. The van der Waals surface area contributed by atoms with Gasteiger partial charge in [0, 0.05) is 25.6 Å². The van der Waals surface area contributed by atoms with Gasteiger partial charge >= 0.3 is 0 Å².